The molecule has 6 nitrogen and oxygen atoms in total. The van der Waals surface area contributed by atoms with E-state index < -0.39 is 6.04 Å². The van der Waals surface area contributed by atoms with Gasteiger partial charge in [0.2, 0.25) is 5.91 Å². The molecular weight excluding hydrogens is 248 g/mol. The molecule has 1 heterocycles. The molecule has 1 saturated heterocycles. The van der Waals surface area contributed by atoms with Crippen LogP contribution in [0.5, 0.6) is 0 Å². The predicted octanol–water partition coefficient (Wildman–Crippen LogP) is 0.294. The van der Waals surface area contributed by atoms with Gasteiger partial charge in [-0.05, 0) is 26.2 Å². The van der Waals surface area contributed by atoms with E-state index in [4.69, 9.17) is 15.2 Å². The Morgan fingerprint density at radius 2 is 2.16 bits per heavy atom. The smallest absolute Gasteiger partial charge is 0.328 e. The van der Waals surface area contributed by atoms with Crippen molar-refractivity contribution in [3.63, 3.8) is 0 Å². The highest BCUT2D eigenvalue weighted by molar-refractivity contribution is 5.85. The van der Waals surface area contributed by atoms with Crippen LogP contribution in [-0.4, -0.2) is 55.7 Å². The van der Waals surface area contributed by atoms with E-state index >= 15 is 0 Å². The molecule has 1 amide bonds. The van der Waals surface area contributed by atoms with Gasteiger partial charge in [0.25, 0.3) is 0 Å². The zero-order valence-corrected chi connectivity index (χ0v) is 11.8. The molecule has 2 N–H and O–H groups in total. The molecule has 1 rings (SSSR count). The molecule has 1 aliphatic heterocycles. The number of hydrogen-bond acceptors (Lipinski definition) is 5. The predicted molar refractivity (Wildman–Crippen MR) is 70.5 cm³/mol. The quantitative estimate of drug-likeness (QED) is 0.703. The first kappa shape index (κ1) is 15.9. The number of piperidine rings is 1. The second-order valence-electron chi connectivity index (χ2n) is 4.65. The van der Waals surface area contributed by atoms with Gasteiger partial charge < -0.3 is 20.1 Å². The second kappa shape index (κ2) is 8.12. The van der Waals surface area contributed by atoms with Gasteiger partial charge in [0.05, 0.1) is 19.1 Å². The molecule has 1 fully saturated rings. The number of likely N-dealkylation sites (tertiary alicyclic amines) is 1. The molecule has 0 aliphatic carbocycles. The maximum Gasteiger partial charge on any atom is 0.328 e. The maximum absolute atomic E-state index is 12.2. The summed E-state index contributed by atoms with van der Waals surface area (Å²) in [6, 6.07) is -0.448. The average Bonchev–Trinajstić information content (AvgIpc) is 2.44. The molecule has 0 radical (unpaired) electrons. The van der Waals surface area contributed by atoms with Crippen LogP contribution in [0, 0.1) is 0 Å². The van der Waals surface area contributed by atoms with Crippen LogP contribution in [-0.2, 0) is 19.1 Å². The summed E-state index contributed by atoms with van der Waals surface area (Å²) in [5.41, 5.74) is 5.52. The SMILES string of the molecule is CCOC(=O)C1CCCCN1C(=O)CC(CN)OC. The van der Waals surface area contributed by atoms with E-state index in [-0.39, 0.29) is 24.4 Å². The zero-order valence-electron chi connectivity index (χ0n) is 11.8. The van der Waals surface area contributed by atoms with Gasteiger partial charge in [-0.2, -0.15) is 0 Å². The summed E-state index contributed by atoms with van der Waals surface area (Å²) in [4.78, 5) is 25.7. The van der Waals surface area contributed by atoms with Gasteiger partial charge in [0.1, 0.15) is 6.04 Å². The lowest BCUT2D eigenvalue weighted by molar-refractivity contribution is -0.157. The molecule has 2 atom stereocenters. The van der Waals surface area contributed by atoms with E-state index in [9.17, 15) is 9.59 Å². The summed E-state index contributed by atoms with van der Waals surface area (Å²) in [5, 5.41) is 0. The highest BCUT2D eigenvalue weighted by atomic mass is 16.5. The Morgan fingerprint density at radius 3 is 2.74 bits per heavy atom. The first-order chi connectivity index (χ1) is 9.13. The number of carbonyl (C=O) groups excluding carboxylic acids is 2. The third-order valence-electron chi connectivity index (χ3n) is 3.38. The molecule has 0 spiro atoms. The van der Waals surface area contributed by atoms with Gasteiger partial charge in [-0.15, -0.1) is 0 Å². The van der Waals surface area contributed by atoms with Crippen LogP contribution in [0.25, 0.3) is 0 Å². The molecular formula is C13H24N2O4. The van der Waals surface area contributed by atoms with Crippen LogP contribution in [0.4, 0.5) is 0 Å². The van der Waals surface area contributed by atoms with Gasteiger partial charge in [-0.25, -0.2) is 4.79 Å². The summed E-state index contributed by atoms with van der Waals surface area (Å²) < 4.78 is 10.1. The van der Waals surface area contributed by atoms with Crippen molar-refractivity contribution in [3.8, 4) is 0 Å². The minimum Gasteiger partial charge on any atom is -0.464 e. The fourth-order valence-electron chi connectivity index (χ4n) is 2.29. The topological polar surface area (TPSA) is 81.9 Å². The number of rotatable bonds is 6. The van der Waals surface area contributed by atoms with Crippen LogP contribution in [0.3, 0.4) is 0 Å². The number of hydrogen-bond donors (Lipinski definition) is 1. The lowest BCUT2D eigenvalue weighted by atomic mass is 10.0. The maximum atomic E-state index is 12.2. The van der Waals surface area contributed by atoms with Crippen molar-refractivity contribution in [1.29, 1.82) is 0 Å². The van der Waals surface area contributed by atoms with Crippen molar-refractivity contribution in [3.05, 3.63) is 0 Å². The van der Waals surface area contributed by atoms with Crippen molar-refractivity contribution < 1.29 is 19.1 Å². The van der Waals surface area contributed by atoms with Crippen molar-refractivity contribution in [2.75, 3.05) is 26.8 Å². The van der Waals surface area contributed by atoms with E-state index in [0.717, 1.165) is 12.8 Å². The number of amides is 1. The third-order valence-corrected chi connectivity index (χ3v) is 3.38. The van der Waals surface area contributed by atoms with E-state index in [1.807, 2.05) is 0 Å². The highest BCUT2D eigenvalue weighted by Crippen LogP contribution is 2.20. The van der Waals surface area contributed by atoms with Gasteiger partial charge in [-0.3, -0.25) is 4.79 Å². The van der Waals surface area contributed by atoms with Gasteiger partial charge in [0.15, 0.2) is 0 Å². The summed E-state index contributed by atoms with van der Waals surface area (Å²) in [5.74, 6) is -0.396. The summed E-state index contributed by atoms with van der Waals surface area (Å²) in [6.07, 6.45) is 2.45. The Bertz CT molecular complexity index is 305. The van der Waals surface area contributed by atoms with Crippen molar-refractivity contribution in [2.45, 2.75) is 44.8 Å². The zero-order chi connectivity index (χ0) is 14.3. The lowest BCUT2D eigenvalue weighted by Crippen LogP contribution is -2.49. The normalized spacial score (nSPS) is 21.0. The van der Waals surface area contributed by atoms with Crippen molar-refractivity contribution in [2.24, 2.45) is 5.73 Å². The number of nitrogens with two attached hydrogens (primary N) is 1. The fraction of sp³-hybridized carbons (Fsp3) is 0.846. The Balaban J connectivity index is 2.65. The molecule has 0 saturated carbocycles. The number of esters is 1. The van der Waals surface area contributed by atoms with E-state index in [1.165, 1.54) is 7.11 Å². The highest BCUT2D eigenvalue weighted by Gasteiger charge is 2.33. The summed E-state index contributed by atoms with van der Waals surface area (Å²) >= 11 is 0. The number of ether oxygens (including phenoxy) is 2. The minimum absolute atomic E-state index is 0.0879. The molecule has 19 heavy (non-hydrogen) atoms. The number of carbonyl (C=O) groups is 2. The molecule has 0 aromatic rings. The Hall–Kier alpha value is -1.14. The summed E-state index contributed by atoms with van der Waals surface area (Å²) in [6.45, 7) is 2.99. The van der Waals surface area contributed by atoms with Gasteiger partial charge >= 0.3 is 5.97 Å². The second-order valence-corrected chi connectivity index (χ2v) is 4.65. The van der Waals surface area contributed by atoms with Crippen LogP contribution < -0.4 is 5.73 Å². The van der Waals surface area contributed by atoms with Gasteiger partial charge in [-0.1, -0.05) is 0 Å². The number of methoxy groups -OCH3 is 1. The Kier molecular flexibility index (Phi) is 6.80. The monoisotopic (exact) mass is 272 g/mol. The molecule has 2 unspecified atom stereocenters. The fourth-order valence-corrected chi connectivity index (χ4v) is 2.29. The van der Waals surface area contributed by atoms with E-state index in [1.54, 1.807) is 11.8 Å². The van der Waals surface area contributed by atoms with E-state index in [0.29, 0.717) is 26.1 Å². The number of nitrogens with zero attached hydrogens (tertiary/aromatic N) is 1. The van der Waals surface area contributed by atoms with Crippen molar-refractivity contribution in [1.82, 2.24) is 4.90 Å². The first-order valence-electron chi connectivity index (χ1n) is 6.83. The molecule has 110 valence electrons. The first-order valence-corrected chi connectivity index (χ1v) is 6.83. The molecule has 6 heteroatoms. The molecule has 1 aliphatic rings. The van der Waals surface area contributed by atoms with Crippen LogP contribution in [0.2, 0.25) is 0 Å². The third kappa shape index (κ3) is 4.47. The van der Waals surface area contributed by atoms with Gasteiger partial charge in [0, 0.05) is 20.2 Å². The van der Waals surface area contributed by atoms with Crippen molar-refractivity contribution >= 4 is 11.9 Å². The largest absolute Gasteiger partial charge is 0.464 e. The molecule has 0 aromatic carbocycles. The molecule has 0 bridgehead atoms. The Labute approximate surface area is 114 Å². The van der Waals surface area contributed by atoms with E-state index in [2.05, 4.69) is 0 Å². The van der Waals surface area contributed by atoms with Crippen LogP contribution in [0.1, 0.15) is 32.6 Å². The van der Waals surface area contributed by atoms with Crippen LogP contribution in [0.15, 0.2) is 0 Å². The average molecular weight is 272 g/mol. The standard InChI is InChI=1S/C13H24N2O4/c1-3-19-13(17)11-6-4-5-7-15(11)12(16)8-10(9-14)18-2/h10-11H,3-9,14H2,1-2H3. The lowest BCUT2D eigenvalue weighted by Gasteiger charge is -2.34. The van der Waals surface area contributed by atoms with Crippen LogP contribution >= 0.6 is 0 Å². The Morgan fingerprint density at radius 1 is 1.42 bits per heavy atom. The minimum atomic E-state index is -0.448. The molecule has 0 aromatic heterocycles. The summed E-state index contributed by atoms with van der Waals surface area (Å²) in [7, 11) is 1.53.